The number of rotatable bonds is 6. The summed E-state index contributed by atoms with van der Waals surface area (Å²) >= 11 is 0. The Morgan fingerprint density at radius 2 is 2.05 bits per heavy atom. The third-order valence-corrected chi connectivity index (χ3v) is 3.47. The third kappa shape index (κ3) is 3.33. The van der Waals surface area contributed by atoms with Crippen LogP contribution in [0.15, 0.2) is 22.7 Å². The van der Waals surface area contributed by atoms with Gasteiger partial charge in [0, 0.05) is 12.1 Å². The molecular weight excluding hydrogens is 270 g/mol. The monoisotopic (exact) mass is 291 g/mol. The lowest BCUT2D eigenvalue weighted by atomic mass is 10.1. The molecule has 2 rings (SSSR count). The van der Waals surface area contributed by atoms with E-state index in [9.17, 15) is 0 Å². The molecule has 0 fully saturated rings. The lowest BCUT2D eigenvalue weighted by molar-refractivity contribution is 0.200. The van der Waals surface area contributed by atoms with Gasteiger partial charge in [0.2, 0.25) is 5.89 Å². The quantitative estimate of drug-likeness (QED) is 0.815. The first kappa shape index (κ1) is 15.3. The molecule has 21 heavy (non-hydrogen) atoms. The van der Waals surface area contributed by atoms with E-state index in [-0.39, 0.29) is 6.04 Å². The highest BCUT2D eigenvalue weighted by molar-refractivity contribution is 5.46. The highest BCUT2D eigenvalue weighted by atomic mass is 16.5. The number of benzene rings is 1. The minimum Gasteiger partial charge on any atom is -0.493 e. The molecule has 0 amide bonds. The van der Waals surface area contributed by atoms with Crippen LogP contribution in [0.4, 0.5) is 0 Å². The van der Waals surface area contributed by atoms with Crippen LogP contribution >= 0.6 is 0 Å². The molecule has 0 N–H and O–H groups in total. The van der Waals surface area contributed by atoms with E-state index in [1.165, 1.54) is 0 Å². The molecule has 2 aromatic rings. The predicted molar refractivity (Wildman–Crippen MR) is 78.5 cm³/mol. The summed E-state index contributed by atoms with van der Waals surface area (Å²) in [5.41, 5.74) is 1.04. The molecule has 1 unspecified atom stereocenters. The normalized spacial score (nSPS) is 12.5. The second-order valence-corrected chi connectivity index (χ2v) is 4.92. The third-order valence-electron chi connectivity index (χ3n) is 3.47. The van der Waals surface area contributed by atoms with Crippen molar-refractivity contribution in [2.24, 2.45) is 0 Å². The average molecular weight is 291 g/mol. The molecule has 1 atom stereocenters. The number of ether oxygens (including phenoxy) is 2. The summed E-state index contributed by atoms with van der Waals surface area (Å²) in [5.74, 6) is 2.73. The van der Waals surface area contributed by atoms with E-state index >= 15 is 0 Å². The highest BCUT2D eigenvalue weighted by Gasteiger charge is 2.20. The van der Waals surface area contributed by atoms with Gasteiger partial charge in [-0.2, -0.15) is 4.98 Å². The van der Waals surface area contributed by atoms with Crippen LogP contribution < -0.4 is 9.47 Å². The number of para-hydroxylation sites is 1. The van der Waals surface area contributed by atoms with E-state index < -0.39 is 0 Å². The van der Waals surface area contributed by atoms with Gasteiger partial charge in [0.15, 0.2) is 17.3 Å². The van der Waals surface area contributed by atoms with Crippen molar-refractivity contribution in [1.82, 2.24) is 15.0 Å². The molecule has 0 radical (unpaired) electrons. The second-order valence-electron chi connectivity index (χ2n) is 4.92. The number of hydrogen-bond acceptors (Lipinski definition) is 6. The molecule has 6 nitrogen and oxygen atoms in total. The summed E-state index contributed by atoms with van der Waals surface area (Å²) in [6.45, 7) is 4.52. The lowest BCUT2D eigenvalue weighted by Gasteiger charge is -2.23. The predicted octanol–water partition coefficient (Wildman–Crippen LogP) is 2.59. The van der Waals surface area contributed by atoms with E-state index in [0.717, 1.165) is 17.1 Å². The van der Waals surface area contributed by atoms with Gasteiger partial charge in [-0.3, -0.25) is 4.90 Å². The summed E-state index contributed by atoms with van der Waals surface area (Å²) in [7, 11) is 5.28. The molecule has 0 bridgehead atoms. The zero-order valence-corrected chi connectivity index (χ0v) is 13.1. The number of aromatic nitrogens is 2. The van der Waals surface area contributed by atoms with Crippen molar-refractivity contribution in [3.63, 3.8) is 0 Å². The molecule has 0 aliphatic rings. The molecule has 1 aromatic carbocycles. The van der Waals surface area contributed by atoms with Crippen LogP contribution in [0, 0.1) is 6.92 Å². The molecule has 0 aliphatic carbocycles. The van der Waals surface area contributed by atoms with E-state index in [0.29, 0.717) is 18.3 Å². The Kier molecular flexibility index (Phi) is 4.80. The Hall–Kier alpha value is -2.08. The Morgan fingerprint density at radius 1 is 1.29 bits per heavy atom. The minimum atomic E-state index is 0.0158. The zero-order valence-electron chi connectivity index (χ0n) is 13.1. The highest BCUT2D eigenvalue weighted by Crippen LogP contribution is 2.32. The summed E-state index contributed by atoms with van der Waals surface area (Å²) in [5, 5.41) is 3.83. The molecule has 0 spiro atoms. The van der Waals surface area contributed by atoms with Crippen LogP contribution in [0.2, 0.25) is 0 Å². The van der Waals surface area contributed by atoms with Crippen molar-refractivity contribution < 1.29 is 14.0 Å². The summed E-state index contributed by atoms with van der Waals surface area (Å²) < 4.78 is 16.0. The fraction of sp³-hybridized carbons (Fsp3) is 0.467. The number of hydrogen-bond donors (Lipinski definition) is 0. The summed E-state index contributed by atoms with van der Waals surface area (Å²) in [6, 6.07) is 5.87. The number of nitrogens with zero attached hydrogens (tertiary/aromatic N) is 3. The van der Waals surface area contributed by atoms with Gasteiger partial charge in [-0.1, -0.05) is 17.3 Å². The molecule has 114 valence electrons. The fourth-order valence-electron chi connectivity index (χ4n) is 2.16. The number of methoxy groups -OCH3 is 2. The molecule has 0 saturated carbocycles. The van der Waals surface area contributed by atoms with Crippen molar-refractivity contribution >= 4 is 0 Å². The average Bonchev–Trinajstić information content (AvgIpc) is 2.92. The van der Waals surface area contributed by atoms with Crippen molar-refractivity contribution in [2.75, 3.05) is 21.3 Å². The Bertz CT molecular complexity index is 598. The molecular formula is C15H21N3O3. The maximum atomic E-state index is 5.45. The van der Waals surface area contributed by atoms with E-state index in [2.05, 4.69) is 15.0 Å². The first-order valence-corrected chi connectivity index (χ1v) is 6.77. The van der Waals surface area contributed by atoms with Crippen LogP contribution in [-0.2, 0) is 6.54 Å². The first-order valence-electron chi connectivity index (χ1n) is 6.77. The largest absolute Gasteiger partial charge is 0.493 e. The van der Waals surface area contributed by atoms with Crippen LogP contribution in [0.5, 0.6) is 11.5 Å². The zero-order chi connectivity index (χ0) is 15.4. The molecule has 0 aliphatic heterocycles. The Balaban J connectivity index is 2.17. The Morgan fingerprint density at radius 3 is 2.62 bits per heavy atom. The van der Waals surface area contributed by atoms with Crippen molar-refractivity contribution in [3.05, 3.63) is 35.5 Å². The summed E-state index contributed by atoms with van der Waals surface area (Å²) in [6.07, 6.45) is 0. The second kappa shape index (κ2) is 6.58. The van der Waals surface area contributed by atoms with Gasteiger partial charge in [0.1, 0.15) is 0 Å². The van der Waals surface area contributed by atoms with E-state index in [1.807, 2.05) is 39.1 Å². The SMILES string of the molecule is COc1cccc(CN(C)C(C)c2nc(C)no2)c1OC. The van der Waals surface area contributed by atoms with Gasteiger partial charge < -0.3 is 14.0 Å². The van der Waals surface area contributed by atoms with E-state index in [4.69, 9.17) is 14.0 Å². The molecule has 1 aromatic heterocycles. The van der Waals surface area contributed by atoms with E-state index in [1.54, 1.807) is 14.2 Å². The van der Waals surface area contributed by atoms with Crippen LogP contribution in [-0.4, -0.2) is 36.3 Å². The van der Waals surface area contributed by atoms with Gasteiger partial charge in [0.05, 0.1) is 20.3 Å². The van der Waals surface area contributed by atoms with Gasteiger partial charge in [-0.05, 0) is 27.0 Å². The standard InChI is InChI=1S/C15H21N3O3/c1-10(15-16-11(2)17-21-15)18(3)9-12-7-6-8-13(19-4)14(12)20-5/h6-8,10H,9H2,1-5H3. The molecule has 6 heteroatoms. The summed E-state index contributed by atoms with van der Waals surface area (Å²) in [4.78, 5) is 6.39. The maximum Gasteiger partial charge on any atom is 0.243 e. The van der Waals surface area contributed by atoms with Gasteiger partial charge >= 0.3 is 0 Å². The maximum absolute atomic E-state index is 5.45. The molecule has 1 heterocycles. The van der Waals surface area contributed by atoms with Crippen molar-refractivity contribution in [3.8, 4) is 11.5 Å². The smallest absolute Gasteiger partial charge is 0.243 e. The number of aryl methyl sites for hydroxylation is 1. The topological polar surface area (TPSA) is 60.6 Å². The van der Waals surface area contributed by atoms with Crippen molar-refractivity contribution in [2.45, 2.75) is 26.4 Å². The van der Waals surface area contributed by atoms with Crippen LogP contribution in [0.3, 0.4) is 0 Å². The minimum absolute atomic E-state index is 0.0158. The lowest BCUT2D eigenvalue weighted by Crippen LogP contribution is -2.22. The van der Waals surface area contributed by atoms with Crippen LogP contribution in [0.25, 0.3) is 0 Å². The van der Waals surface area contributed by atoms with Gasteiger partial charge in [0.25, 0.3) is 0 Å². The van der Waals surface area contributed by atoms with Gasteiger partial charge in [-0.15, -0.1) is 0 Å². The van der Waals surface area contributed by atoms with Crippen molar-refractivity contribution in [1.29, 1.82) is 0 Å². The fourth-order valence-corrected chi connectivity index (χ4v) is 2.16. The van der Waals surface area contributed by atoms with Crippen LogP contribution in [0.1, 0.15) is 30.2 Å². The first-order chi connectivity index (χ1) is 10.1. The molecule has 0 saturated heterocycles. The Labute approximate surface area is 124 Å². The van der Waals surface area contributed by atoms with Gasteiger partial charge in [-0.25, -0.2) is 0 Å².